The van der Waals surface area contributed by atoms with Gasteiger partial charge in [-0.15, -0.1) is 0 Å². The number of rotatable bonds is 9. The van der Waals surface area contributed by atoms with E-state index < -0.39 is 39.5 Å². The number of nitrogens with one attached hydrogen (secondary N) is 2. The minimum absolute atomic E-state index is 0.168. The van der Waals surface area contributed by atoms with Crippen LogP contribution in [0.5, 0.6) is 0 Å². The molecule has 2 amide bonds. The first-order chi connectivity index (χ1) is 13.8. The van der Waals surface area contributed by atoms with E-state index in [-0.39, 0.29) is 13.0 Å². The average molecular weight is 417 g/mol. The third-order valence-corrected chi connectivity index (χ3v) is 5.74. The zero-order valence-electron chi connectivity index (χ0n) is 15.7. The Morgan fingerprint density at radius 2 is 1.45 bits per heavy atom. The van der Waals surface area contributed by atoms with Gasteiger partial charge in [0, 0.05) is 6.42 Å². The number of nitrogens with two attached hydrogens (primary N) is 1. The summed E-state index contributed by atoms with van der Waals surface area (Å²) in [5.41, 5.74) is 6.75. The van der Waals surface area contributed by atoms with Crippen molar-refractivity contribution in [3.8, 4) is 0 Å². The van der Waals surface area contributed by atoms with E-state index in [4.69, 9.17) is 5.73 Å². The molecule has 0 aromatic heterocycles. The molecule has 29 heavy (non-hydrogen) atoms. The van der Waals surface area contributed by atoms with E-state index in [1.807, 2.05) is 60.7 Å². The van der Waals surface area contributed by atoms with E-state index in [2.05, 4.69) is 14.8 Å². The summed E-state index contributed by atoms with van der Waals surface area (Å²) in [6.45, 7) is -0.168. The van der Waals surface area contributed by atoms with Crippen molar-refractivity contribution in [3.05, 3.63) is 71.8 Å². The van der Waals surface area contributed by atoms with Gasteiger partial charge in [0.15, 0.2) is 0 Å². The van der Waals surface area contributed by atoms with Crippen LogP contribution >= 0.6 is 0 Å². The van der Waals surface area contributed by atoms with Crippen LogP contribution in [-0.4, -0.2) is 44.3 Å². The molecule has 0 saturated carbocycles. The molecular formula is C20H23N3O5S. The second kappa shape index (κ2) is 9.17. The van der Waals surface area contributed by atoms with Crippen molar-refractivity contribution in [1.29, 1.82) is 0 Å². The molecule has 8 nitrogen and oxygen atoms in total. The first-order valence-corrected chi connectivity index (χ1v) is 10.7. The lowest BCUT2D eigenvalue weighted by atomic mass is 10.0. The molecule has 3 rings (SSSR count). The van der Waals surface area contributed by atoms with Crippen molar-refractivity contribution in [3.63, 3.8) is 0 Å². The van der Waals surface area contributed by atoms with E-state index >= 15 is 0 Å². The lowest BCUT2D eigenvalue weighted by Gasteiger charge is -2.21. The van der Waals surface area contributed by atoms with Crippen molar-refractivity contribution in [1.82, 2.24) is 10.6 Å². The van der Waals surface area contributed by atoms with Crippen molar-refractivity contribution in [2.75, 3.05) is 6.54 Å². The zero-order chi connectivity index (χ0) is 20.9. The maximum atomic E-state index is 12.6. The second-order valence-corrected chi connectivity index (χ2v) is 8.51. The Morgan fingerprint density at radius 1 is 0.931 bits per heavy atom. The summed E-state index contributed by atoms with van der Waals surface area (Å²) >= 11 is 0. The zero-order valence-corrected chi connectivity index (χ0v) is 16.5. The summed E-state index contributed by atoms with van der Waals surface area (Å²) < 4.78 is 26.7. The molecule has 0 spiro atoms. The Balaban J connectivity index is 1.63. The van der Waals surface area contributed by atoms with Crippen LogP contribution in [0.25, 0.3) is 0 Å². The van der Waals surface area contributed by atoms with Crippen LogP contribution in [0.15, 0.2) is 60.7 Å². The Hall–Kier alpha value is -2.75. The Labute approximate surface area is 169 Å². The molecule has 2 aromatic rings. The van der Waals surface area contributed by atoms with Crippen LogP contribution in [0.3, 0.4) is 0 Å². The quantitative estimate of drug-likeness (QED) is 0.496. The highest BCUT2D eigenvalue weighted by Gasteiger charge is 2.46. The summed E-state index contributed by atoms with van der Waals surface area (Å²) in [7, 11) is -3.53. The van der Waals surface area contributed by atoms with Gasteiger partial charge in [-0.05, 0) is 17.5 Å². The van der Waals surface area contributed by atoms with Crippen molar-refractivity contribution >= 4 is 21.9 Å². The fraction of sp³-hybridized carbons (Fsp3) is 0.300. The summed E-state index contributed by atoms with van der Waals surface area (Å²) in [4.78, 5) is 25.2. The molecule has 3 atom stereocenters. The van der Waals surface area contributed by atoms with E-state index in [0.29, 0.717) is 6.42 Å². The van der Waals surface area contributed by atoms with Crippen molar-refractivity contribution in [2.24, 2.45) is 5.73 Å². The molecule has 0 bridgehead atoms. The molecular weight excluding hydrogens is 394 g/mol. The van der Waals surface area contributed by atoms with Gasteiger partial charge < -0.3 is 16.4 Å². The normalized spacial score (nSPS) is 19.0. The molecule has 1 aliphatic rings. The monoisotopic (exact) mass is 417 g/mol. The van der Waals surface area contributed by atoms with Gasteiger partial charge in [0.1, 0.15) is 6.04 Å². The van der Waals surface area contributed by atoms with Gasteiger partial charge in [0.25, 0.3) is 10.1 Å². The number of carbonyl (C=O) groups excluding carboxylic acids is 2. The molecule has 0 radical (unpaired) electrons. The molecule has 4 N–H and O–H groups in total. The molecule has 1 unspecified atom stereocenters. The number of benzene rings is 2. The largest absolute Gasteiger partial charge is 0.350 e. The highest BCUT2D eigenvalue weighted by Crippen LogP contribution is 2.22. The molecule has 1 aliphatic heterocycles. The minimum Gasteiger partial charge on any atom is -0.350 e. The van der Waals surface area contributed by atoms with Crippen molar-refractivity contribution < 1.29 is 22.2 Å². The number of hydrogen-bond donors (Lipinski definition) is 3. The lowest BCUT2D eigenvalue weighted by molar-refractivity contribution is -0.129. The molecule has 1 saturated heterocycles. The third-order valence-electron chi connectivity index (χ3n) is 4.52. The smallest absolute Gasteiger partial charge is 0.299 e. The van der Waals surface area contributed by atoms with Gasteiger partial charge in [-0.2, -0.15) is 8.42 Å². The predicted molar refractivity (Wildman–Crippen MR) is 107 cm³/mol. The Morgan fingerprint density at radius 3 is 1.97 bits per heavy atom. The number of carbonyl (C=O) groups is 2. The van der Waals surface area contributed by atoms with Crippen LogP contribution in [-0.2, 0) is 36.7 Å². The molecule has 1 fully saturated rings. The van der Waals surface area contributed by atoms with Gasteiger partial charge in [0.2, 0.25) is 17.3 Å². The van der Waals surface area contributed by atoms with Crippen LogP contribution < -0.4 is 16.4 Å². The first-order valence-electron chi connectivity index (χ1n) is 9.19. The summed E-state index contributed by atoms with van der Waals surface area (Å²) in [5.74, 6) is -0.958. The molecule has 9 heteroatoms. The second-order valence-electron chi connectivity index (χ2n) is 6.81. The maximum absolute atomic E-state index is 12.6. The van der Waals surface area contributed by atoms with Crippen molar-refractivity contribution in [2.45, 2.75) is 30.4 Å². The third kappa shape index (κ3) is 6.11. The van der Waals surface area contributed by atoms with Crippen LogP contribution in [0, 0.1) is 0 Å². The predicted octanol–water partition coefficient (Wildman–Crippen LogP) is 0.0862. The SMILES string of the molecule is N[C@@H](Cc1ccccc1)C(=O)N[C@@H](Cc1ccccc1)C(=O)NCC1OS1(=O)=O. The van der Waals surface area contributed by atoms with Gasteiger partial charge in [-0.1, -0.05) is 60.7 Å². The van der Waals surface area contributed by atoms with Gasteiger partial charge in [0.05, 0.1) is 12.6 Å². The molecule has 0 aliphatic carbocycles. The number of amides is 2. The van der Waals surface area contributed by atoms with E-state index in [1.165, 1.54) is 0 Å². The van der Waals surface area contributed by atoms with Gasteiger partial charge in [-0.25, -0.2) is 4.18 Å². The lowest BCUT2D eigenvalue weighted by Crippen LogP contribution is -2.53. The van der Waals surface area contributed by atoms with E-state index in [9.17, 15) is 18.0 Å². The maximum Gasteiger partial charge on any atom is 0.299 e. The summed E-state index contributed by atoms with van der Waals surface area (Å²) in [5, 5.41) is 5.20. The highest BCUT2D eigenvalue weighted by atomic mass is 32.2. The van der Waals surface area contributed by atoms with E-state index in [0.717, 1.165) is 11.1 Å². The Bertz CT molecular complexity index is 951. The molecule has 154 valence electrons. The molecule has 2 aromatic carbocycles. The minimum atomic E-state index is -3.53. The van der Waals surface area contributed by atoms with Crippen LogP contribution in [0.1, 0.15) is 11.1 Å². The highest BCUT2D eigenvalue weighted by molar-refractivity contribution is 7.92. The van der Waals surface area contributed by atoms with Gasteiger partial charge >= 0.3 is 0 Å². The fourth-order valence-corrected chi connectivity index (χ4v) is 3.67. The van der Waals surface area contributed by atoms with E-state index in [1.54, 1.807) is 0 Å². The van der Waals surface area contributed by atoms with Crippen LogP contribution in [0.4, 0.5) is 0 Å². The van der Waals surface area contributed by atoms with Crippen LogP contribution in [0.2, 0.25) is 0 Å². The summed E-state index contributed by atoms with van der Waals surface area (Å²) in [6, 6.07) is 16.8. The summed E-state index contributed by atoms with van der Waals surface area (Å²) in [6.07, 6.45) is 0.579. The molecule has 1 heterocycles. The number of hydrogen-bond acceptors (Lipinski definition) is 6. The first kappa shape index (κ1) is 21.0. The Kier molecular flexibility index (Phi) is 6.63. The average Bonchev–Trinajstić information content (AvgIpc) is 3.33. The standard InChI is InChI=1S/C20H23N3O5S/c21-16(11-14-7-3-1-4-8-14)19(24)23-17(12-15-9-5-2-6-10-15)20(25)22-13-18-28-29(18,26)27/h1-10,16-18H,11-13,21H2,(H,22,25)(H,23,24)/t16-,17-,18?/m0/s1. The van der Waals surface area contributed by atoms with Gasteiger partial charge in [-0.3, -0.25) is 9.59 Å². The fourth-order valence-electron chi connectivity index (χ4n) is 2.87. The topological polar surface area (TPSA) is 131 Å².